The summed E-state index contributed by atoms with van der Waals surface area (Å²) in [5.74, 6) is 0.827. The molecule has 1 N–H and O–H groups in total. The maximum absolute atomic E-state index is 12.2. The van der Waals surface area contributed by atoms with Crippen molar-refractivity contribution in [2.45, 2.75) is 25.5 Å². The van der Waals surface area contributed by atoms with Gasteiger partial charge >= 0.3 is 0 Å². The van der Waals surface area contributed by atoms with E-state index in [9.17, 15) is 4.79 Å². The minimum Gasteiger partial charge on any atom is -0.368 e. The molecular weight excluding hydrogens is 314 g/mol. The fourth-order valence-corrected chi connectivity index (χ4v) is 3.56. The average molecular weight is 329 g/mol. The third-order valence-corrected chi connectivity index (χ3v) is 4.86. The van der Waals surface area contributed by atoms with Gasteiger partial charge < -0.3 is 14.6 Å². The smallest absolute Gasteiger partial charge is 0.261 e. The van der Waals surface area contributed by atoms with Crippen LogP contribution >= 0.6 is 11.3 Å². The summed E-state index contributed by atoms with van der Waals surface area (Å²) < 4.78 is 11.8. The summed E-state index contributed by atoms with van der Waals surface area (Å²) in [6, 6.07) is 9.82. The SMILES string of the molecule is O=C(NCc1noc(C2CCCO2)n1)c1cc2ccccc2s1. The van der Waals surface area contributed by atoms with Crippen molar-refractivity contribution in [3.8, 4) is 0 Å². The summed E-state index contributed by atoms with van der Waals surface area (Å²) in [4.78, 5) is 17.2. The van der Waals surface area contributed by atoms with E-state index in [0.29, 0.717) is 16.6 Å². The van der Waals surface area contributed by atoms with Gasteiger partial charge in [-0.25, -0.2) is 0 Å². The van der Waals surface area contributed by atoms with Gasteiger partial charge in [0.25, 0.3) is 11.8 Å². The fraction of sp³-hybridized carbons (Fsp3) is 0.312. The van der Waals surface area contributed by atoms with E-state index in [0.717, 1.165) is 29.5 Å². The van der Waals surface area contributed by atoms with Crippen LogP contribution in [0.5, 0.6) is 0 Å². The molecular formula is C16H15N3O3S. The van der Waals surface area contributed by atoms with Gasteiger partial charge in [-0.05, 0) is 30.4 Å². The topological polar surface area (TPSA) is 77.2 Å². The van der Waals surface area contributed by atoms with E-state index >= 15 is 0 Å². The third kappa shape index (κ3) is 2.97. The highest BCUT2D eigenvalue weighted by molar-refractivity contribution is 7.20. The van der Waals surface area contributed by atoms with Gasteiger partial charge in [0.2, 0.25) is 0 Å². The number of benzene rings is 1. The summed E-state index contributed by atoms with van der Waals surface area (Å²) in [6.07, 6.45) is 1.80. The minimum atomic E-state index is -0.130. The standard InChI is InChI=1S/C16H15N3O3S/c20-15(13-8-10-4-1-2-6-12(10)23-13)17-9-14-18-16(22-19-14)11-5-3-7-21-11/h1-2,4,6,8,11H,3,5,7,9H2,(H,17,20). The molecule has 1 amide bonds. The Bertz CT molecular complexity index is 803. The van der Waals surface area contributed by atoms with Gasteiger partial charge in [0.05, 0.1) is 11.4 Å². The Morgan fingerprint density at radius 1 is 1.39 bits per heavy atom. The summed E-state index contributed by atoms with van der Waals surface area (Å²) >= 11 is 1.47. The Morgan fingerprint density at radius 3 is 3.13 bits per heavy atom. The first-order valence-corrected chi connectivity index (χ1v) is 8.32. The molecule has 1 fully saturated rings. The Kier molecular flexibility index (Phi) is 3.80. The Labute approximate surface area is 136 Å². The minimum absolute atomic E-state index is 0.102. The number of hydrogen-bond donors (Lipinski definition) is 1. The zero-order valence-electron chi connectivity index (χ0n) is 12.3. The first kappa shape index (κ1) is 14.3. The summed E-state index contributed by atoms with van der Waals surface area (Å²) in [6.45, 7) is 0.967. The van der Waals surface area contributed by atoms with Gasteiger partial charge in [-0.15, -0.1) is 11.3 Å². The van der Waals surface area contributed by atoms with E-state index in [1.165, 1.54) is 11.3 Å². The largest absolute Gasteiger partial charge is 0.368 e. The highest BCUT2D eigenvalue weighted by atomic mass is 32.1. The molecule has 23 heavy (non-hydrogen) atoms. The second-order valence-corrected chi connectivity index (χ2v) is 6.47. The van der Waals surface area contributed by atoms with Crippen LogP contribution in [-0.2, 0) is 11.3 Å². The van der Waals surface area contributed by atoms with Crippen molar-refractivity contribution < 1.29 is 14.1 Å². The predicted molar refractivity (Wildman–Crippen MR) is 85.2 cm³/mol. The van der Waals surface area contributed by atoms with Crippen molar-refractivity contribution in [2.75, 3.05) is 6.61 Å². The number of aromatic nitrogens is 2. The van der Waals surface area contributed by atoms with E-state index < -0.39 is 0 Å². The second-order valence-electron chi connectivity index (χ2n) is 5.38. The molecule has 4 rings (SSSR count). The number of nitrogens with zero attached hydrogens (tertiary/aromatic N) is 2. The Morgan fingerprint density at radius 2 is 2.30 bits per heavy atom. The first-order chi connectivity index (χ1) is 11.3. The van der Waals surface area contributed by atoms with E-state index in [1.54, 1.807) is 0 Å². The molecule has 6 nitrogen and oxygen atoms in total. The van der Waals surface area contributed by atoms with Crippen molar-refractivity contribution in [1.82, 2.24) is 15.5 Å². The maximum Gasteiger partial charge on any atom is 0.261 e. The van der Waals surface area contributed by atoms with Gasteiger partial charge in [-0.1, -0.05) is 23.4 Å². The van der Waals surface area contributed by atoms with Crippen molar-refractivity contribution in [2.24, 2.45) is 0 Å². The van der Waals surface area contributed by atoms with Crippen LogP contribution in [-0.4, -0.2) is 22.7 Å². The monoisotopic (exact) mass is 329 g/mol. The highest BCUT2D eigenvalue weighted by Crippen LogP contribution is 2.27. The molecule has 1 atom stereocenters. The molecule has 0 bridgehead atoms. The molecule has 1 aliphatic heterocycles. The lowest BCUT2D eigenvalue weighted by molar-refractivity contribution is 0.0835. The molecule has 7 heteroatoms. The number of amides is 1. The lowest BCUT2D eigenvalue weighted by atomic mass is 10.2. The van der Waals surface area contributed by atoms with Crippen LogP contribution < -0.4 is 5.32 Å². The predicted octanol–water partition coefficient (Wildman–Crippen LogP) is 3.07. The van der Waals surface area contributed by atoms with Crippen LogP contribution in [0.25, 0.3) is 10.1 Å². The normalized spacial score (nSPS) is 17.7. The zero-order valence-corrected chi connectivity index (χ0v) is 13.1. The molecule has 1 unspecified atom stereocenters. The number of ether oxygens (including phenoxy) is 1. The van der Waals surface area contributed by atoms with Gasteiger partial charge in [-0.2, -0.15) is 4.98 Å². The maximum atomic E-state index is 12.2. The lowest BCUT2D eigenvalue weighted by Gasteiger charge is -2.01. The molecule has 118 valence electrons. The van der Waals surface area contributed by atoms with Crippen LogP contribution in [0.15, 0.2) is 34.9 Å². The van der Waals surface area contributed by atoms with Crippen LogP contribution in [0.3, 0.4) is 0 Å². The van der Waals surface area contributed by atoms with Gasteiger partial charge in [0.1, 0.15) is 6.10 Å². The van der Waals surface area contributed by atoms with Crippen molar-refractivity contribution >= 4 is 27.3 Å². The molecule has 0 saturated carbocycles. The molecule has 0 aliphatic carbocycles. The van der Waals surface area contributed by atoms with E-state index in [1.807, 2.05) is 30.3 Å². The second kappa shape index (κ2) is 6.10. The molecule has 3 aromatic rings. The molecule has 3 heterocycles. The zero-order chi connectivity index (χ0) is 15.6. The number of nitrogens with one attached hydrogen (secondary N) is 1. The number of hydrogen-bond acceptors (Lipinski definition) is 6. The Balaban J connectivity index is 1.41. The van der Waals surface area contributed by atoms with Crippen molar-refractivity contribution in [3.05, 3.63) is 46.9 Å². The quantitative estimate of drug-likeness (QED) is 0.796. The molecule has 1 aliphatic rings. The number of carbonyl (C=O) groups excluding carboxylic acids is 1. The van der Waals surface area contributed by atoms with E-state index in [2.05, 4.69) is 15.5 Å². The molecule has 2 aromatic heterocycles. The van der Waals surface area contributed by atoms with E-state index in [4.69, 9.17) is 9.26 Å². The summed E-state index contributed by atoms with van der Waals surface area (Å²) in [5.41, 5.74) is 0. The third-order valence-electron chi connectivity index (χ3n) is 3.75. The molecule has 0 spiro atoms. The van der Waals surface area contributed by atoms with Crippen LogP contribution in [0.2, 0.25) is 0 Å². The average Bonchev–Trinajstić information content (AvgIpc) is 3.31. The van der Waals surface area contributed by atoms with Gasteiger partial charge in [-0.3, -0.25) is 4.79 Å². The van der Waals surface area contributed by atoms with E-state index in [-0.39, 0.29) is 18.6 Å². The molecule has 0 radical (unpaired) electrons. The van der Waals surface area contributed by atoms with Crippen LogP contribution in [0, 0.1) is 0 Å². The van der Waals surface area contributed by atoms with Crippen molar-refractivity contribution in [1.29, 1.82) is 0 Å². The number of thiophene rings is 1. The molecule has 1 aromatic carbocycles. The summed E-state index contributed by atoms with van der Waals surface area (Å²) in [5, 5.41) is 7.79. The van der Waals surface area contributed by atoms with Gasteiger partial charge in [0, 0.05) is 11.3 Å². The Hall–Kier alpha value is -2.25. The fourth-order valence-electron chi connectivity index (χ4n) is 2.58. The highest BCUT2D eigenvalue weighted by Gasteiger charge is 2.24. The summed E-state index contributed by atoms with van der Waals surface area (Å²) in [7, 11) is 0. The molecule has 1 saturated heterocycles. The van der Waals surface area contributed by atoms with Gasteiger partial charge in [0.15, 0.2) is 5.82 Å². The first-order valence-electron chi connectivity index (χ1n) is 7.50. The number of rotatable bonds is 4. The van der Waals surface area contributed by atoms with Crippen molar-refractivity contribution in [3.63, 3.8) is 0 Å². The number of fused-ring (bicyclic) bond motifs is 1. The van der Waals surface area contributed by atoms with Crippen LogP contribution in [0.4, 0.5) is 0 Å². The lowest BCUT2D eigenvalue weighted by Crippen LogP contribution is -2.22. The number of carbonyl (C=O) groups is 1. The van der Waals surface area contributed by atoms with Crippen LogP contribution in [0.1, 0.15) is 40.3 Å².